The molecule has 1 fully saturated rings. The van der Waals surface area contributed by atoms with Crippen LogP contribution in [0, 0.1) is 24.7 Å². The Morgan fingerprint density at radius 2 is 2.29 bits per heavy atom. The lowest BCUT2D eigenvalue weighted by molar-refractivity contribution is -0.126. The smallest absolute Gasteiger partial charge is 0.251 e. The van der Waals surface area contributed by atoms with Crippen LogP contribution in [0.1, 0.15) is 45.7 Å². The molecule has 118 valence electrons. The summed E-state index contributed by atoms with van der Waals surface area (Å²) in [6.07, 6.45) is 3.76. The van der Waals surface area contributed by atoms with Crippen LogP contribution in [0.15, 0.2) is 5.51 Å². The first-order chi connectivity index (χ1) is 9.97. The Balaban J connectivity index is 1.85. The summed E-state index contributed by atoms with van der Waals surface area (Å²) in [7, 11) is 0. The van der Waals surface area contributed by atoms with Crippen molar-refractivity contribution in [2.75, 3.05) is 11.9 Å². The summed E-state index contributed by atoms with van der Waals surface area (Å²) in [6, 6.07) is 0. The zero-order valence-corrected chi connectivity index (χ0v) is 14.2. The first kappa shape index (κ1) is 16.4. The van der Waals surface area contributed by atoms with E-state index in [0.717, 1.165) is 17.1 Å². The summed E-state index contributed by atoms with van der Waals surface area (Å²) in [6.45, 7) is 8.80. The molecular formula is C16H26N2O2S. The molecule has 0 saturated heterocycles. The van der Waals surface area contributed by atoms with Crippen molar-refractivity contribution in [1.29, 1.82) is 0 Å². The second kappa shape index (κ2) is 7.36. The highest BCUT2D eigenvalue weighted by molar-refractivity contribution is 7.14. The third-order valence-corrected chi connectivity index (χ3v) is 5.23. The number of thiazole rings is 1. The van der Waals surface area contributed by atoms with Crippen molar-refractivity contribution in [3.05, 3.63) is 11.2 Å². The Morgan fingerprint density at radius 1 is 1.52 bits per heavy atom. The quantitative estimate of drug-likeness (QED) is 0.898. The lowest BCUT2D eigenvalue weighted by atomic mass is 9.75. The summed E-state index contributed by atoms with van der Waals surface area (Å²) in [5, 5.41) is 3.70. The lowest BCUT2D eigenvalue weighted by Gasteiger charge is -2.37. The molecule has 5 heteroatoms. The summed E-state index contributed by atoms with van der Waals surface area (Å²) in [5.41, 5.74) is 2.60. The summed E-state index contributed by atoms with van der Waals surface area (Å²) >= 11 is 1.45. The van der Waals surface area contributed by atoms with Crippen LogP contribution >= 0.6 is 11.3 Å². The molecule has 0 bridgehead atoms. The van der Waals surface area contributed by atoms with Gasteiger partial charge in [0, 0.05) is 0 Å². The van der Waals surface area contributed by atoms with E-state index in [9.17, 15) is 4.79 Å². The monoisotopic (exact) mass is 310 g/mol. The second-order valence-electron chi connectivity index (χ2n) is 6.49. The molecule has 21 heavy (non-hydrogen) atoms. The van der Waals surface area contributed by atoms with Gasteiger partial charge in [-0.1, -0.05) is 27.2 Å². The van der Waals surface area contributed by atoms with Crippen LogP contribution in [0.3, 0.4) is 0 Å². The van der Waals surface area contributed by atoms with Crippen molar-refractivity contribution >= 4 is 22.2 Å². The van der Waals surface area contributed by atoms with Gasteiger partial charge >= 0.3 is 0 Å². The average Bonchev–Trinajstić information content (AvgIpc) is 2.81. The molecule has 1 aliphatic rings. The van der Waals surface area contributed by atoms with E-state index in [1.807, 2.05) is 6.92 Å². The number of hydrogen-bond donors (Lipinski definition) is 1. The van der Waals surface area contributed by atoms with E-state index < -0.39 is 0 Å². The molecule has 1 aromatic heterocycles. The number of aromatic nitrogens is 1. The van der Waals surface area contributed by atoms with Crippen LogP contribution in [0.5, 0.6) is 0 Å². The maximum absolute atomic E-state index is 12.0. The third kappa shape index (κ3) is 4.51. The third-order valence-electron chi connectivity index (χ3n) is 4.39. The number of hydrogen-bond acceptors (Lipinski definition) is 4. The Hall–Kier alpha value is -0.940. The molecule has 0 spiro atoms. The number of nitrogens with one attached hydrogen (secondary N) is 1. The molecule has 1 saturated carbocycles. The van der Waals surface area contributed by atoms with E-state index in [2.05, 4.69) is 31.1 Å². The van der Waals surface area contributed by atoms with E-state index in [1.54, 1.807) is 5.51 Å². The maximum atomic E-state index is 12.0. The molecule has 0 aromatic carbocycles. The van der Waals surface area contributed by atoms with Crippen molar-refractivity contribution in [2.45, 2.75) is 53.1 Å². The lowest BCUT2D eigenvalue weighted by Crippen LogP contribution is -2.36. The zero-order valence-electron chi connectivity index (χ0n) is 13.4. The first-order valence-electron chi connectivity index (χ1n) is 7.79. The number of aryl methyl sites for hydroxylation is 1. The molecule has 3 atom stereocenters. The maximum Gasteiger partial charge on any atom is 0.251 e. The Kier molecular flexibility index (Phi) is 5.76. The molecule has 2 rings (SSSR count). The molecule has 1 heterocycles. The van der Waals surface area contributed by atoms with E-state index in [-0.39, 0.29) is 18.6 Å². The van der Waals surface area contributed by atoms with Gasteiger partial charge in [-0.3, -0.25) is 4.79 Å². The fourth-order valence-corrected chi connectivity index (χ4v) is 3.79. The highest BCUT2D eigenvalue weighted by Crippen LogP contribution is 2.35. The minimum atomic E-state index is -0.0805. The molecule has 1 aromatic rings. The van der Waals surface area contributed by atoms with Crippen LogP contribution in [0.2, 0.25) is 0 Å². The van der Waals surface area contributed by atoms with Gasteiger partial charge < -0.3 is 10.1 Å². The normalized spacial score (nSPS) is 26.0. The van der Waals surface area contributed by atoms with Gasteiger partial charge in [0.25, 0.3) is 5.91 Å². The van der Waals surface area contributed by atoms with Gasteiger partial charge in [-0.05, 0) is 37.5 Å². The molecule has 0 aliphatic heterocycles. The number of nitrogens with zero attached hydrogens (tertiary/aromatic N) is 1. The summed E-state index contributed by atoms with van der Waals surface area (Å²) in [5.74, 6) is 1.79. The number of carbonyl (C=O) groups is 1. The van der Waals surface area contributed by atoms with Gasteiger partial charge in [-0.2, -0.15) is 0 Å². The number of amides is 1. The standard InChI is InChI=1S/C16H26N2O2S/c1-10(2)13-6-5-11(3)7-14(13)20-8-15(19)18-16-12(4)17-9-21-16/h9-11,13-14H,5-8H2,1-4H3,(H,18,19). The second-order valence-corrected chi connectivity index (χ2v) is 7.35. The number of anilines is 1. The van der Waals surface area contributed by atoms with Crippen LogP contribution in [-0.4, -0.2) is 23.6 Å². The number of carbonyl (C=O) groups excluding carboxylic acids is 1. The van der Waals surface area contributed by atoms with Crippen molar-refractivity contribution in [3.8, 4) is 0 Å². The minimum Gasteiger partial charge on any atom is -0.368 e. The van der Waals surface area contributed by atoms with Gasteiger partial charge in [0.05, 0.1) is 17.3 Å². The highest BCUT2D eigenvalue weighted by Gasteiger charge is 2.31. The van der Waals surface area contributed by atoms with E-state index >= 15 is 0 Å². The molecule has 0 radical (unpaired) electrons. The van der Waals surface area contributed by atoms with Crippen molar-refractivity contribution in [2.24, 2.45) is 17.8 Å². The Labute approximate surface area is 131 Å². The number of rotatable bonds is 5. The molecule has 1 amide bonds. The van der Waals surface area contributed by atoms with Gasteiger partial charge in [-0.25, -0.2) is 4.98 Å². The number of ether oxygens (including phenoxy) is 1. The van der Waals surface area contributed by atoms with E-state index in [0.29, 0.717) is 17.8 Å². The fourth-order valence-electron chi connectivity index (χ4n) is 3.07. The Morgan fingerprint density at radius 3 is 2.90 bits per heavy atom. The highest BCUT2D eigenvalue weighted by atomic mass is 32.1. The van der Waals surface area contributed by atoms with Crippen molar-refractivity contribution in [3.63, 3.8) is 0 Å². The summed E-state index contributed by atoms with van der Waals surface area (Å²) in [4.78, 5) is 16.1. The van der Waals surface area contributed by atoms with Crippen molar-refractivity contribution in [1.82, 2.24) is 4.98 Å². The zero-order chi connectivity index (χ0) is 15.4. The molecule has 4 nitrogen and oxygen atoms in total. The summed E-state index contributed by atoms with van der Waals surface area (Å²) < 4.78 is 5.95. The van der Waals surface area contributed by atoms with Crippen LogP contribution in [0.25, 0.3) is 0 Å². The molecule has 1 N–H and O–H groups in total. The van der Waals surface area contributed by atoms with Gasteiger partial charge in [0.1, 0.15) is 11.6 Å². The first-order valence-corrected chi connectivity index (χ1v) is 8.67. The Bertz CT molecular complexity index is 473. The van der Waals surface area contributed by atoms with E-state index in [4.69, 9.17) is 4.74 Å². The SMILES string of the molecule is Cc1ncsc1NC(=O)COC1CC(C)CCC1C(C)C. The van der Waals surface area contributed by atoms with Crippen LogP contribution in [-0.2, 0) is 9.53 Å². The average molecular weight is 310 g/mol. The van der Waals surface area contributed by atoms with Crippen molar-refractivity contribution < 1.29 is 9.53 Å². The van der Waals surface area contributed by atoms with E-state index in [1.165, 1.54) is 24.2 Å². The molecule has 3 unspecified atom stereocenters. The largest absolute Gasteiger partial charge is 0.368 e. The topological polar surface area (TPSA) is 51.2 Å². The minimum absolute atomic E-state index is 0.0805. The van der Waals surface area contributed by atoms with Crippen LogP contribution in [0.4, 0.5) is 5.00 Å². The predicted molar refractivity (Wildman–Crippen MR) is 86.6 cm³/mol. The fraction of sp³-hybridized carbons (Fsp3) is 0.750. The molecular weight excluding hydrogens is 284 g/mol. The predicted octanol–water partition coefficient (Wildman–Crippen LogP) is 3.87. The van der Waals surface area contributed by atoms with Gasteiger partial charge in [-0.15, -0.1) is 11.3 Å². The van der Waals surface area contributed by atoms with Crippen LogP contribution < -0.4 is 5.32 Å². The van der Waals surface area contributed by atoms with Gasteiger partial charge in [0.15, 0.2) is 0 Å². The molecule has 1 aliphatic carbocycles. The van der Waals surface area contributed by atoms with Gasteiger partial charge in [0.2, 0.25) is 0 Å².